The van der Waals surface area contributed by atoms with Gasteiger partial charge in [0.1, 0.15) is 6.61 Å². The van der Waals surface area contributed by atoms with Crippen molar-refractivity contribution in [2.45, 2.75) is 6.54 Å². The molecule has 3 rings (SSSR count). The maximum absolute atomic E-state index is 12.2. The Labute approximate surface area is 149 Å². The Balaban J connectivity index is 1.56. The molecule has 1 saturated heterocycles. The fourth-order valence-corrected chi connectivity index (χ4v) is 2.55. The monoisotopic (exact) mass is 354 g/mol. The van der Waals surface area contributed by atoms with E-state index in [0.29, 0.717) is 36.6 Å². The molecule has 0 aromatic heterocycles. The van der Waals surface area contributed by atoms with Gasteiger partial charge in [-0.25, -0.2) is 9.59 Å². The number of nitrogens with one attached hydrogen (secondary N) is 2. The number of rotatable bonds is 5. The van der Waals surface area contributed by atoms with Crippen LogP contribution in [0.3, 0.4) is 0 Å². The lowest BCUT2D eigenvalue weighted by Gasteiger charge is -2.13. The van der Waals surface area contributed by atoms with Crippen LogP contribution in [-0.2, 0) is 11.3 Å². The molecule has 0 radical (unpaired) electrons. The number of carbonyl (C=O) groups excluding carboxylic acids is 3. The molecule has 0 saturated carbocycles. The van der Waals surface area contributed by atoms with E-state index < -0.39 is 6.03 Å². The van der Waals surface area contributed by atoms with E-state index >= 15 is 0 Å². The highest BCUT2D eigenvalue weighted by Crippen LogP contribution is 2.19. The van der Waals surface area contributed by atoms with Gasteiger partial charge in [0.15, 0.2) is 0 Å². The Bertz CT molecular complexity index is 818. The second-order valence-electron chi connectivity index (χ2n) is 5.68. The molecule has 4 N–H and O–H groups in total. The van der Waals surface area contributed by atoms with E-state index in [1.807, 2.05) is 0 Å². The molecule has 26 heavy (non-hydrogen) atoms. The summed E-state index contributed by atoms with van der Waals surface area (Å²) >= 11 is 0. The predicted octanol–water partition coefficient (Wildman–Crippen LogP) is 2.06. The maximum Gasteiger partial charge on any atom is 0.414 e. The van der Waals surface area contributed by atoms with Gasteiger partial charge in [0.2, 0.25) is 0 Å². The highest BCUT2D eigenvalue weighted by molar-refractivity contribution is 5.95. The fourth-order valence-electron chi connectivity index (χ4n) is 2.55. The zero-order valence-corrected chi connectivity index (χ0v) is 13.9. The molecular formula is C18H18N4O4. The number of amides is 4. The lowest BCUT2D eigenvalue weighted by atomic mass is 10.1. The number of nitrogens with two attached hydrogens (primary N) is 1. The van der Waals surface area contributed by atoms with Crippen LogP contribution >= 0.6 is 0 Å². The normalized spacial score (nSPS) is 13.2. The van der Waals surface area contributed by atoms with Crippen molar-refractivity contribution in [3.05, 3.63) is 59.7 Å². The molecule has 8 heteroatoms. The molecule has 2 aromatic carbocycles. The van der Waals surface area contributed by atoms with Crippen molar-refractivity contribution >= 4 is 29.4 Å². The van der Waals surface area contributed by atoms with Gasteiger partial charge >= 0.3 is 12.1 Å². The topological polar surface area (TPSA) is 114 Å². The minimum atomic E-state index is -0.628. The van der Waals surface area contributed by atoms with Crippen molar-refractivity contribution in [3.63, 3.8) is 0 Å². The van der Waals surface area contributed by atoms with Gasteiger partial charge in [-0.2, -0.15) is 0 Å². The van der Waals surface area contributed by atoms with Gasteiger partial charge in [-0.05, 0) is 42.0 Å². The minimum Gasteiger partial charge on any atom is -0.447 e. The average molecular weight is 354 g/mol. The van der Waals surface area contributed by atoms with Crippen LogP contribution in [-0.4, -0.2) is 31.2 Å². The van der Waals surface area contributed by atoms with Crippen LogP contribution in [0, 0.1) is 0 Å². The van der Waals surface area contributed by atoms with Gasteiger partial charge in [0.25, 0.3) is 5.91 Å². The van der Waals surface area contributed by atoms with Gasteiger partial charge < -0.3 is 21.1 Å². The van der Waals surface area contributed by atoms with Gasteiger partial charge in [0.05, 0.1) is 6.54 Å². The number of cyclic esters (lactones) is 1. The van der Waals surface area contributed by atoms with Crippen LogP contribution in [0.25, 0.3) is 0 Å². The van der Waals surface area contributed by atoms with Gasteiger partial charge in [0, 0.05) is 23.5 Å². The maximum atomic E-state index is 12.2. The molecule has 2 aromatic rings. The van der Waals surface area contributed by atoms with Crippen LogP contribution in [0.5, 0.6) is 0 Å². The number of primary amides is 1. The summed E-state index contributed by atoms with van der Waals surface area (Å²) < 4.78 is 4.89. The number of anilines is 2. The van der Waals surface area contributed by atoms with E-state index in [0.717, 1.165) is 5.56 Å². The molecule has 0 bridgehead atoms. The molecule has 4 amide bonds. The van der Waals surface area contributed by atoms with Crippen molar-refractivity contribution in [1.29, 1.82) is 0 Å². The van der Waals surface area contributed by atoms with Crippen molar-refractivity contribution in [1.82, 2.24) is 5.32 Å². The number of benzene rings is 2. The molecule has 8 nitrogen and oxygen atoms in total. The van der Waals surface area contributed by atoms with Gasteiger partial charge in [-0.15, -0.1) is 0 Å². The Morgan fingerprint density at radius 3 is 2.35 bits per heavy atom. The molecule has 1 fully saturated rings. The zero-order chi connectivity index (χ0) is 18.5. The number of ether oxygens (including phenoxy) is 1. The van der Waals surface area contributed by atoms with E-state index in [1.54, 1.807) is 48.5 Å². The zero-order valence-electron chi connectivity index (χ0n) is 13.9. The fraction of sp³-hybridized carbons (Fsp3) is 0.167. The van der Waals surface area contributed by atoms with Crippen LogP contribution in [0.2, 0.25) is 0 Å². The summed E-state index contributed by atoms with van der Waals surface area (Å²) in [5.74, 6) is -0.222. The highest BCUT2D eigenvalue weighted by atomic mass is 16.6. The van der Waals surface area contributed by atoms with E-state index in [4.69, 9.17) is 10.5 Å². The number of carbonyl (C=O) groups is 3. The lowest BCUT2D eigenvalue weighted by Crippen LogP contribution is -2.24. The summed E-state index contributed by atoms with van der Waals surface area (Å²) in [4.78, 5) is 36.1. The molecule has 1 heterocycles. The molecule has 134 valence electrons. The van der Waals surface area contributed by atoms with Gasteiger partial charge in [-0.1, -0.05) is 12.1 Å². The summed E-state index contributed by atoms with van der Waals surface area (Å²) in [6, 6.07) is 13.1. The molecular weight excluding hydrogens is 336 g/mol. The Hall–Kier alpha value is -3.55. The van der Waals surface area contributed by atoms with Gasteiger partial charge in [-0.3, -0.25) is 9.69 Å². The Morgan fingerprint density at radius 2 is 1.77 bits per heavy atom. The van der Waals surface area contributed by atoms with E-state index in [-0.39, 0.29) is 12.0 Å². The molecule has 1 aliphatic heterocycles. The Morgan fingerprint density at radius 1 is 1.08 bits per heavy atom. The molecule has 0 aliphatic carbocycles. The van der Waals surface area contributed by atoms with E-state index in [9.17, 15) is 14.4 Å². The third-order valence-electron chi connectivity index (χ3n) is 3.88. The number of hydrogen-bond donors (Lipinski definition) is 3. The number of nitrogens with zero attached hydrogens (tertiary/aromatic N) is 1. The summed E-state index contributed by atoms with van der Waals surface area (Å²) in [5, 5.41) is 5.29. The van der Waals surface area contributed by atoms with Crippen molar-refractivity contribution in [3.8, 4) is 0 Å². The number of urea groups is 1. The van der Waals surface area contributed by atoms with Crippen LogP contribution in [0.1, 0.15) is 15.9 Å². The number of hydrogen-bond acceptors (Lipinski definition) is 4. The molecule has 0 unspecified atom stereocenters. The molecule has 1 aliphatic rings. The molecule has 0 spiro atoms. The highest BCUT2D eigenvalue weighted by Gasteiger charge is 2.23. The van der Waals surface area contributed by atoms with Crippen LogP contribution in [0.4, 0.5) is 21.0 Å². The SMILES string of the molecule is NC(=O)Nc1ccc(CNC(=O)c2ccc(N3CCOC3=O)cc2)cc1. The largest absolute Gasteiger partial charge is 0.447 e. The third kappa shape index (κ3) is 4.10. The summed E-state index contributed by atoms with van der Waals surface area (Å²) in [7, 11) is 0. The average Bonchev–Trinajstić information content (AvgIpc) is 3.06. The smallest absolute Gasteiger partial charge is 0.414 e. The van der Waals surface area contributed by atoms with E-state index in [1.165, 1.54) is 4.90 Å². The first-order chi connectivity index (χ1) is 12.5. The first kappa shape index (κ1) is 17.3. The summed E-state index contributed by atoms with van der Waals surface area (Å²) in [5.41, 5.74) is 7.70. The molecule has 0 atom stereocenters. The lowest BCUT2D eigenvalue weighted by molar-refractivity contribution is 0.0951. The third-order valence-corrected chi connectivity index (χ3v) is 3.88. The first-order valence-electron chi connectivity index (χ1n) is 8.01. The minimum absolute atomic E-state index is 0.222. The Kier molecular flexibility index (Phi) is 5.02. The summed E-state index contributed by atoms with van der Waals surface area (Å²) in [6.45, 7) is 1.22. The van der Waals surface area contributed by atoms with Crippen LogP contribution < -0.4 is 21.3 Å². The quantitative estimate of drug-likeness (QED) is 0.762. The second kappa shape index (κ2) is 7.56. The van der Waals surface area contributed by atoms with Crippen LogP contribution in [0.15, 0.2) is 48.5 Å². The second-order valence-corrected chi connectivity index (χ2v) is 5.68. The first-order valence-corrected chi connectivity index (χ1v) is 8.01. The van der Waals surface area contributed by atoms with E-state index in [2.05, 4.69) is 10.6 Å². The van der Waals surface area contributed by atoms with Crippen molar-refractivity contribution in [2.75, 3.05) is 23.4 Å². The standard InChI is InChI=1S/C18H18N4O4/c19-17(24)21-14-5-1-12(2-6-14)11-20-16(23)13-3-7-15(8-4-13)22-9-10-26-18(22)25/h1-8H,9-11H2,(H,20,23)(H3,19,21,24). The van der Waals surface area contributed by atoms with Crippen molar-refractivity contribution < 1.29 is 19.1 Å². The predicted molar refractivity (Wildman–Crippen MR) is 96.0 cm³/mol. The summed E-state index contributed by atoms with van der Waals surface area (Å²) in [6.07, 6.45) is -0.378. The van der Waals surface area contributed by atoms with Crippen molar-refractivity contribution in [2.24, 2.45) is 5.73 Å².